The molecule has 1 saturated heterocycles. The molecule has 1 aromatic carbocycles. The topological polar surface area (TPSA) is 16.6 Å². The monoisotopic (exact) mass is 166 g/mol. The Labute approximate surface area is 71.2 Å². The zero-order chi connectivity index (χ0) is 7.52. The highest BCUT2D eigenvalue weighted by atomic mass is 32.2. The van der Waals surface area contributed by atoms with Crippen molar-refractivity contribution in [1.29, 1.82) is 0 Å². The standard InChI is InChI=1S/C9H11NS/c1-2-4-8(5-3-1)9-10-6-7-11-9/h1-5,9-10H,6-7H2/p+1/t9-/m0/s1. The summed E-state index contributed by atoms with van der Waals surface area (Å²) in [6, 6.07) is 10.7. The number of quaternary nitrogens is 1. The summed E-state index contributed by atoms with van der Waals surface area (Å²) in [6.45, 7) is 1.27. The normalized spacial score (nSPS) is 23.8. The Morgan fingerprint density at radius 2 is 2.09 bits per heavy atom. The first kappa shape index (κ1) is 7.19. The van der Waals surface area contributed by atoms with E-state index in [2.05, 4.69) is 35.6 Å². The molecule has 0 spiro atoms. The fraction of sp³-hybridized carbons (Fsp3) is 0.333. The van der Waals surface area contributed by atoms with E-state index in [1.807, 2.05) is 11.8 Å². The lowest BCUT2D eigenvalue weighted by molar-refractivity contribution is -0.663. The summed E-state index contributed by atoms with van der Waals surface area (Å²) >= 11 is 2.04. The van der Waals surface area contributed by atoms with Crippen molar-refractivity contribution < 1.29 is 5.32 Å². The van der Waals surface area contributed by atoms with Gasteiger partial charge in [0.1, 0.15) is 0 Å². The van der Waals surface area contributed by atoms with Crippen molar-refractivity contribution in [3.8, 4) is 0 Å². The molecule has 1 aliphatic heterocycles. The molecule has 58 valence electrons. The minimum atomic E-state index is 0.663. The molecule has 1 heterocycles. The zero-order valence-corrected chi connectivity index (χ0v) is 7.18. The fourth-order valence-electron chi connectivity index (χ4n) is 1.36. The maximum atomic E-state index is 2.40. The molecule has 0 amide bonds. The Balaban J connectivity index is 2.16. The van der Waals surface area contributed by atoms with Gasteiger partial charge in [-0.25, -0.2) is 0 Å². The number of rotatable bonds is 1. The minimum Gasteiger partial charge on any atom is -0.331 e. The largest absolute Gasteiger partial charge is 0.331 e. The molecular weight excluding hydrogens is 154 g/mol. The van der Waals surface area contributed by atoms with Gasteiger partial charge in [-0.05, 0) is 0 Å². The molecule has 0 saturated carbocycles. The Morgan fingerprint density at radius 3 is 2.73 bits per heavy atom. The van der Waals surface area contributed by atoms with Crippen LogP contribution in [0.15, 0.2) is 30.3 Å². The predicted molar refractivity (Wildman–Crippen MR) is 48.4 cm³/mol. The van der Waals surface area contributed by atoms with Gasteiger partial charge in [-0.3, -0.25) is 0 Å². The maximum Gasteiger partial charge on any atom is 0.159 e. The Hall–Kier alpha value is -0.470. The van der Waals surface area contributed by atoms with E-state index in [9.17, 15) is 0 Å². The molecule has 0 aromatic heterocycles. The van der Waals surface area contributed by atoms with E-state index in [1.165, 1.54) is 17.9 Å². The summed E-state index contributed by atoms with van der Waals surface area (Å²) in [5.41, 5.74) is 1.45. The lowest BCUT2D eigenvalue weighted by atomic mass is 10.2. The first-order valence-electron chi connectivity index (χ1n) is 3.97. The summed E-state index contributed by atoms with van der Waals surface area (Å²) in [5, 5.41) is 3.07. The van der Waals surface area contributed by atoms with E-state index < -0.39 is 0 Å². The molecular formula is C9H12NS+. The van der Waals surface area contributed by atoms with Gasteiger partial charge in [0.05, 0.1) is 6.54 Å². The highest BCUT2D eigenvalue weighted by molar-refractivity contribution is 7.99. The number of thioether (sulfide) groups is 1. The first-order chi connectivity index (χ1) is 5.47. The quantitative estimate of drug-likeness (QED) is 0.658. The van der Waals surface area contributed by atoms with Crippen molar-refractivity contribution in [3.63, 3.8) is 0 Å². The SMILES string of the molecule is c1ccc([C@H]2[NH2+]CCS2)cc1. The Bertz CT molecular complexity index is 216. The van der Waals surface area contributed by atoms with Crippen LogP contribution in [-0.4, -0.2) is 12.3 Å². The third-order valence-corrected chi connectivity index (χ3v) is 3.22. The van der Waals surface area contributed by atoms with Crippen LogP contribution in [0.2, 0.25) is 0 Å². The zero-order valence-electron chi connectivity index (χ0n) is 6.36. The number of benzene rings is 1. The van der Waals surface area contributed by atoms with Gasteiger partial charge >= 0.3 is 0 Å². The van der Waals surface area contributed by atoms with Crippen LogP contribution in [0.25, 0.3) is 0 Å². The molecule has 11 heavy (non-hydrogen) atoms. The third kappa shape index (κ3) is 1.57. The van der Waals surface area contributed by atoms with Crippen LogP contribution < -0.4 is 5.32 Å². The van der Waals surface area contributed by atoms with Crippen LogP contribution in [0.4, 0.5) is 0 Å². The summed E-state index contributed by atoms with van der Waals surface area (Å²) in [6.07, 6.45) is 0. The van der Waals surface area contributed by atoms with Crippen LogP contribution in [0.5, 0.6) is 0 Å². The van der Waals surface area contributed by atoms with Crippen molar-refractivity contribution in [2.45, 2.75) is 5.37 Å². The average Bonchev–Trinajstić information content (AvgIpc) is 2.58. The first-order valence-corrected chi connectivity index (χ1v) is 5.01. The molecule has 1 atom stereocenters. The van der Waals surface area contributed by atoms with Crippen molar-refractivity contribution in [2.24, 2.45) is 0 Å². The average molecular weight is 166 g/mol. The predicted octanol–water partition coefficient (Wildman–Crippen LogP) is 0.995. The van der Waals surface area contributed by atoms with Crippen molar-refractivity contribution in [2.75, 3.05) is 12.3 Å². The lowest BCUT2D eigenvalue weighted by Gasteiger charge is -2.04. The molecule has 0 radical (unpaired) electrons. The fourth-order valence-corrected chi connectivity index (χ4v) is 2.51. The summed E-state index contributed by atoms with van der Waals surface area (Å²) in [4.78, 5) is 0. The number of hydrogen-bond acceptors (Lipinski definition) is 1. The molecule has 0 aliphatic carbocycles. The number of nitrogens with two attached hydrogens (primary N) is 1. The van der Waals surface area contributed by atoms with Crippen LogP contribution in [0.3, 0.4) is 0 Å². The van der Waals surface area contributed by atoms with Crippen molar-refractivity contribution in [3.05, 3.63) is 35.9 Å². The second-order valence-corrected chi connectivity index (χ2v) is 3.98. The minimum absolute atomic E-state index is 0.663. The molecule has 1 aliphatic rings. The van der Waals surface area contributed by atoms with Crippen LogP contribution in [0, 0.1) is 0 Å². The molecule has 0 bridgehead atoms. The van der Waals surface area contributed by atoms with Gasteiger partial charge in [-0.2, -0.15) is 0 Å². The highest BCUT2D eigenvalue weighted by Gasteiger charge is 2.19. The summed E-state index contributed by atoms with van der Waals surface area (Å²) in [7, 11) is 0. The lowest BCUT2D eigenvalue weighted by Crippen LogP contribution is -2.81. The van der Waals surface area contributed by atoms with Gasteiger partial charge in [-0.15, -0.1) is 0 Å². The molecule has 1 nitrogen and oxygen atoms in total. The van der Waals surface area contributed by atoms with E-state index in [0.29, 0.717) is 5.37 Å². The highest BCUT2D eigenvalue weighted by Crippen LogP contribution is 2.23. The maximum absolute atomic E-state index is 2.40. The van der Waals surface area contributed by atoms with E-state index in [4.69, 9.17) is 0 Å². The molecule has 0 unspecified atom stereocenters. The van der Waals surface area contributed by atoms with E-state index >= 15 is 0 Å². The third-order valence-electron chi connectivity index (χ3n) is 1.92. The van der Waals surface area contributed by atoms with E-state index in [0.717, 1.165) is 0 Å². The summed E-state index contributed by atoms with van der Waals surface area (Å²) < 4.78 is 0. The van der Waals surface area contributed by atoms with Crippen LogP contribution >= 0.6 is 11.8 Å². The van der Waals surface area contributed by atoms with Gasteiger partial charge in [0, 0.05) is 11.3 Å². The molecule has 1 aromatic rings. The second-order valence-electron chi connectivity index (χ2n) is 2.73. The number of hydrogen-bond donors (Lipinski definition) is 1. The molecule has 2 heteroatoms. The molecule has 2 rings (SSSR count). The van der Waals surface area contributed by atoms with E-state index in [1.54, 1.807) is 0 Å². The van der Waals surface area contributed by atoms with Crippen LogP contribution in [-0.2, 0) is 0 Å². The smallest absolute Gasteiger partial charge is 0.159 e. The second kappa shape index (κ2) is 3.28. The Kier molecular flexibility index (Phi) is 2.15. The van der Waals surface area contributed by atoms with Crippen molar-refractivity contribution >= 4 is 11.8 Å². The Morgan fingerprint density at radius 1 is 1.27 bits per heavy atom. The van der Waals surface area contributed by atoms with Crippen LogP contribution in [0.1, 0.15) is 10.9 Å². The van der Waals surface area contributed by atoms with E-state index in [-0.39, 0.29) is 0 Å². The summed E-state index contributed by atoms with van der Waals surface area (Å²) in [5.74, 6) is 1.29. The van der Waals surface area contributed by atoms with Gasteiger partial charge < -0.3 is 5.32 Å². The molecule has 2 N–H and O–H groups in total. The molecule has 1 fully saturated rings. The van der Waals surface area contributed by atoms with Crippen molar-refractivity contribution in [1.82, 2.24) is 0 Å². The van der Waals surface area contributed by atoms with Gasteiger partial charge in [0.25, 0.3) is 0 Å². The van der Waals surface area contributed by atoms with Gasteiger partial charge in [-0.1, -0.05) is 42.1 Å². The van der Waals surface area contributed by atoms with Gasteiger partial charge in [0.15, 0.2) is 5.37 Å². The van der Waals surface area contributed by atoms with Gasteiger partial charge in [0.2, 0.25) is 0 Å².